The molecule has 11 aromatic rings. The second-order valence-corrected chi connectivity index (χ2v) is 16.1. The molecule has 0 bridgehead atoms. The topological polar surface area (TPSA) is 22.0 Å². The SMILES string of the molecule is C=Cc1c(C=C)c(-c2ccc(-c3ccccc3)cc2)c2cc(-c3ccc4c(c3)c3ccccc3c(=O)n4-c3ccc4ccccc4c3)ccc2c1-c1ccc(-c2ccccc2)cc1. The first kappa shape index (κ1) is 37.7. The van der Waals surface area contributed by atoms with E-state index in [-0.39, 0.29) is 5.56 Å². The molecule has 1 heterocycles. The van der Waals surface area contributed by atoms with Gasteiger partial charge in [-0.2, -0.15) is 0 Å². The number of fused-ring (bicyclic) bond motifs is 5. The van der Waals surface area contributed by atoms with Crippen LogP contribution in [0.4, 0.5) is 0 Å². The third-order valence-electron chi connectivity index (χ3n) is 12.6. The Morgan fingerprint density at radius 2 is 0.794 bits per heavy atom. The molecule has 2 nitrogen and oxygen atoms in total. The normalized spacial score (nSPS) is 11.4. The lowest BCUT2D eigenvalue weighted by molar-refractivity contribution is 1.06. The van der Waals surface area contributed by atoms with Crippen LogP contribution in [0.3, 0.4) is 0 Å². The highest BCUT2D eigenvalue weighted by Crippen LogP contribution is 2.45. The molecule has 63 heavy (non-hydrogen) atoms. The molecule has 0 radical (unpaired) electrons. The lowest BCUT2D eigenvalue weighted by Crippen LogP contribution is -2.19. The molecule has 0 aliphatic heterocycles. The molecule has 0 spiro atoms. The zero-order chi connectivity index (χ0) is 42.4. The van der Waals surface area contributed by atoms with Crippen LogP contribution in [0, 0.1) is 0 Å². The van der Waals surface area contributed by atoms with Gasteiger partial charge in [0.15, 0.2) is 0 Å². The average Bonchev–Trinajstić information content (AvgIpc) is 3.36. The quantitative estimate of drug-likeness (QED) is 0.140. The summed E-state index contributed by atoms with van der Waals surface area (Å²) >= 11 is 0. The Bertz CT molecular complexity index is 3640. The van der Waals surface area contributed by atoms with Crippen LogP contribution in [0.25, 0.3) is 117 Å². The van der Waals surface area contributed by atoms with Crippen molar-refractivity contribution >= 4 is 55.4 Å². The zero-order valence-corrected chi connectivity index (χ0v) is 34.6. The summed E-state index contributed by atoms with van der Waals surface area (Å²) in [6.07, 6.45) is 3.97. The summed E-state index contributed by atoms with van der Waals surface area (Å²) in [5, 5.41) is 7.11. The fourth-order valence-electron chi connectivity index (χ4n) is 9.51. The maximum atomic E-state index is 14.4. The smallest absolute Gasteiger partial charge is 0.263 e. The average molecular weight is 804 g/mol. The highest BCUT2D eigenvalue weighted by molar-refractivity contribution is 6.13. The van der Waals surface area contributed by atoms with E-state index in [0.29, 0.717) is 5.39 Å². The van der Waals surface area contributed by atoms with Crippen LogP contribution < -0.4 is 5.56 Å². The molecular formula is C61H41NO. The molecule has 0 amide bonds. The molecule has 296 valence electrons. The van der Waals surface area contributed by atoms with Crippen LogP contribution in [0.2, 0.25) is 0 Å². The lowest BCUT2D eigenvalue weighted by Gasteiger charge is -2.21. The van der Waals surface area contributed by atoms with Crippen molar-refractivity contribution in [3.63, 3.8) is 0 Å². The second kappa shape index (κ2) is 15.6. The van der Waals surface area contributed by atoms with Gasteiger partial charge in [-0.25, -0.2) is 0 Å². The third-order valence-corrected chi connectivity index (χ3v) is 12.6. The van der Waals surface area contributed by atoms with Crippen LogP contribution in [0.15, 0.2) is 230 Å². The van der Waals surface area contributed by atoms with E-state index in [2.05, 4.69) is 177 Å². The van der Waals surface area contributed by atoms with Gasteiger partial charge in [-0.15, -0.1) is 0 Å². The molecule has 0 N–H and O–H groups in total. The summed E-state index contributed by atoms with van der Waals surface area (Å²) < 4.78 is 1.87. The van der Waals surface area contributed by atoms with Crippen molar-refractivity contribution in [1.29, 1.82) is 0 Å². The van der Waals surface area contributed by atoms with Crippen LogP contribution in [0.1, 0.15) is 11.1 Å². The first-order valence-corrected chi connectivity index (χ1v) is 21.4. The summed E-state index contributed by atoms with van der Waals surface area (Å²) in [5.74, 6) is 0. The first-order valence-electron chi connectivity index (χ1n) is 21.4. The van der Waals surface area contributed by atoms with Gasteiger partial charge in [0.25, 0.3) is 5.56 Å². The van der Waals surface area contributed by atoms with Gasteiger partial charge in [-0.1, -0.05) is 201 Å². The molecular weight excluding hydrogens is 763 g/mol. The molecule has 0 saturated heterocycles. The molecule has 0 saturated carbocycles. The summed E-state index contributed by atoms with van der Waals surface area (Å²) in [5.41, 5.74) is 15.0. The maximum Gasteiger partial charge on any atom is 0.263 e. The van der Waals surface area contributed by atoms with Gasteiger partial charge in [0, 0.05) is 16.5 Å². The van der Waals surface area contributed by atoms with Crippen molar-refractivity contribution < 1.29 is 0 Å². The number of pyridine rings is 1. The number of hydrogen-bond acceptors (Lipinski definition) is 1. The van der Waals surface area contributed by atoms with Crippen LogP contribution in [-0.4, -0.2) is 4.57 Å². The summed E-state index contributed by atoms with van der Waals surface area (Å²) in [7, 11) is 0. The van der Waals surface area contributed by atoms with E-state index in [9.17, 15) is 4.79 Å². The highest BCUT2D eigenvalue weighted by Gasteiger charge is 2.21. The van der Waals surface area contributed by atoms with E-state index >= 15 is 0 Å². The lowest BCUT2D eigenvalue weighted by atomic mass is 9.82. The Morgan fingerprint density at radius 1 is 0.333 bits per heavy atom. The number of aromatic nitrogens is 1. The van der Waals surface area contributed by atoms with Gasteiger partial charge in [-0.3, -0.25) is 9.36 Å². The van der Waals surface area contributed by atoms with Gasteiger partial charge < -0.3 is 0 Å². The Morgan fingerprint density at radius 3 is 1.40 bits per heavy atom. The molecule has 0 fully saturated rings. The molecule has 11 rings (SSSR count). The van der Waals surface area contributed by atoms with Crippen molar-refractivity contribution in [2.75, 3.05) is 0 Å². The van der Waals surface area contributed by atoms with Gasteiger partial charge in [0.2, 0.25) is 0 Å². The number of rotatable bonds is 8. The van der Waals surface area contributed by atoms with E-state index in [1.54, 1.807) is 0 Å². The summed E-state index contributed by atoms with van der Waals surface area (Å²) in [6, 6.07) is 74.6. The zero-order valence-electron chi connectivity index (χ0n) is 34.6. The standard InChI is InChI=1S/C61H41NO/c1-3-51-52(4-2)60(46-29-25-44(26-30-46)41-17-9-6-10-18-41)57-39-48(32-35-54(57)59(51)45-27-23-43(24-28-45)40-15-7-5-8-16-40)49-33-36-58-56(38-49)53-21-13-14-22-55(53)61(63)62(58)50-34-31-42-19-11-12-20-47(42)37-50/h3-39H,1-2H2. The monoisotopic (exact) mass is 803 g/mol. The van der Waals surface area contributed by atoms with Gasteiger partial charge in [0.05, 0.1) is 5.52 Å². The second-order valence-electron chi connectivity index (χ2n) is 16.1. The molecule has 0 atom stereocenters. The number of nitrogens with zero attached hydrogens (tertiary/aromatic N) is 1. The maximum absolute atomic E-state index is 14.4. The Hall–Kier alpha value is -8.33. The minimum atomic E-state index is -0.0333. The Balaban J connectivity index is 1.14. The van der Waals surface area contributed by atoms with E-state index in [1.807, 2.05) is 65.3 Å². The summed E-state index contributed by atoms with van der Waals surface area (Å²) in [4.78, 5) is 14.4. The minimum absolute atomic E-state index is 0.0333. The summed E-state index contributed by atoms with van der Waals surface area (Å²) in [6.45, 7) is 8.79. The van der Waals surface area contributed by atoms with E-state index in [4.69, 9.17) is 0 Å². The van der Waals surface area contributed by atoms with Crippen molar-refractivity contribution in [3.8, 4) is 61.3 Å². The van der Waals surface area contributed by atoms with Crippen molar-refractivity contribution in [3.05, 3.63) is 247 Å². The number of benzene rings is 10. The van der Waals surface area contributed by atoms with Crippen molar-refractivity contribution in [2.45, 2.75) is 0 Å². The molecule has 1 aromatic heterocycles. The highest BCUT2D eigenvalue weighted by atomic mass is 16.1. The fraction of sp³-hybridized carbons (Fsp3) is 0. The van der Waals surface area contributed by atoms with Crippen LogP contribution in [0.5, 0.6) is 0 Å². The van der Waals surface area contributed by atoms with Crippen LogP contribution in [-0.2, 0) is 0 Å². The van der Waals surface area contributed by atoms with E-state index in [1.165, 1.54) is 16.7 Å². The minimum Gasteiger partial charge on any atom is -0.276 e. The largest absolute Gasteiger partial charge is 0.276 e. The van der Waals surface area contributed by atoms with Gasteiger partial charge in [0.1, 0.15) is 0 Å². The molecule has 10 aromatic carbocycles. The molecule has 2 heteroatoms. The number of hydrogen-bond donors (Lipinski definition) is 0. The van der Waals surface area contributed by atoms with Gasteiger partial charge >= 0.3 is 0 Å². The predicted molar refractivity (Wildman–Crippen MR) is 269 cm³/mol. The fourth-order valence-corrected chi connectivity index (χ4v) is 9.51. The Kier molecular flexibility index (Phi) is 9.33. The molecule has 0 unspecified atom stereocenters. The van der Waals surface area contributed by atoms with E-state index in [0.717, 1.165) is 93.6 Å². The van der Waals surface area contributed by atoms with Crippen molar-refractivity contribution in [1.82, 2.24) is 4.57 Å². The first-order chi connectivity index (χ1) is 31.1. The Labute approximate surface area is 366 Å². The van der Waals surface area contributed by atoms with E-state index < -0.39 is 0 Å². The van der Waals surface area contributed by atoms with Crippen molar-refractivity contribution in [2.24, 2.45) is 0 Å². The molecule has 0 aliphatic carbocycles. The predicted octanol–water partition coefficient (Wildman–Crippen LogP) is 16.1. The van der Waals surface area contributed by atoms with Crippen LogP contribution >= 0.6 is 0 Å². The molecule has 0 aliphatic rings. The third kappa shape index (κ3) is 6.48. The van der Waals surface area contributed by atoms with Gasteiger partial charge in [-0.05, 0) is 130 Å².